The van der Waals surface area contributed by atoms with Crippen LogP contribution >= 0.6 is 0 Å². The molecule has 0 aliphatic carbocycles. The van der Waals surface area contributed by atoms with Crippen LogP contribution < -0.4 is 9.47 Å². The van der Waals surface area contributed by atoms with Crippen molar-refractivity contribution < 1.29 is 23.8 Å². The van der Waals surface area contributed by atoms with Gasteiger partial charge in [0.05, 0.1) is 18.8 Å². The Morgan fingerprint density at radius 3 is 2.44 bits per heavy atom. The van der Waals surface area contributed by atoms with Crippen molar-refractivity contribution in [2.45, 2.75) is 20.8 Å². The van der Waals surface area contributed by atoms with E-state index in [4.69, 9.17) is 9.47 Å². The SMILES string of the molecule is CCOc1ccc(/C=C(\C(=O)O)c2ccc(C)c(F)c2)c(OCC)c1. The fourth-order valence-electron chi connectivity index (χ4n) is 2.36. The number of hydrogen-bond donors (Lipinski definition) is 1. The molecule has 0 atom stereocenters. The van der Waals surface area contributed by atoms with Gasteiger partial charge in [0.15, 0.2) is 0 Å². The maximum atomic E-state index is 13.8. The van der Waals surface area contributed by atoms with E-state index in [-0.39, 0.29) is 5.57 Å². The monoisotopic (exact) mass is 344 g/mol. The lowest BCUT2D eigenvalue weighted by Crippen LogP contribution is -2.02. The van der Waals surface area contributed by atoms with E-state index in [9.17, 15) is 14.3 Å². The number of carboxylic acids is 1. The topological polar surface area (TPSA) is 55.8 Å². The van der Waals surface area contributed by atoms with Gasteiger partial charge in [-0.1, -0.05) is 12.1 Å². The summed E-state index contributed by atoms with van der Waals surface area (Å²) in [5, 5.41) is 9.55. The summed E-state index contributed by atoms with van der Waals surface area (Å²) in [5.41, 5.74) is 1.34. The molecule has 0 aromatic heterocycles. The quantitative estimate of drug-likeness (QED) is 0.591. The van der Waals surface area contributed by atoms with Crippen LogP contribution in [0.2, 0.25) is 0 Å². The molecule has 0 aliphatic heterocycles. The lowest BCUT2D eigenvalue weighted by molar-refractivity contribution is -0.130. The third kappa shape index (κ3) is 4.59. The largest absolute Gasteiger partial charge is 0.494 e. The summed E-state index contributed by atoms with van der Waals surface area (Å²) in [6, 6.07) is 9.56. The third-order valence-corrected chi connectivity index (χ3v) is 3.61. The maximum absolute atomic E-state index is 13.8. The molecule has 2 aromatic carbocycles. The molecule has 1 N–H and O–H groups in total. The van der Waals surface area contributed by atoms with Crippen molar-refractivity contribution in [3.63, 3.8) is 0 Å². The summed E-state index contributed by atoms with van der Waals surface area (Å²) < 4.78 is 24.9. The average molecular weight is 344 g/mol. The normalized spacial score (nSPS) is 11.3. The number of carboxylic acid groups (broad SMARTS) is 1. The molecule has 0 radical (unpaired) electrons. The number of ether oxygens (including phenoxy) is 2. The number of halogens is 1. The fraction of sp³-hybridized carbons (Fsp3) is 0.250. The molecule has 0 aliphatic rings. The van der Waals surface area contributed by atoms with Crippen molar-refractivity contribution in [2.24, 2.45) is 0 Å². The molecule has 0 fully saturated rings. The Labute approximate surface area is 146 Å². The highest BCUT2D eigenvalue weighted by atomic mass is 19.1. The van der Waals surface area contributed by atoms with Crippen molar-refractivity contribution in [1.82, 2.24) is 0 Å². The highest BCUT2D eigenvalue weighted by molar-refractivity contribution is 6.20. The molecule has 0 bridgehead atoms. The Bertz CT molecular complexity index is 796. The molecule has 0 unspecified atom stereocenters. The molecule has 132 valence electrons. The highest BCUT2D eigenvalue weighted by Crippen LogP contribution is 2.29. The first kappa shape index (κ1) is 18.5. The number of hydrogen-bond acceptors (Lipinski definition) is 3. The maximum Gasteiger partial charge on any atom is 0.336 e. The molecular formula is C20H21FO4. The van der Waals surface area contributed by atoms with E-state index in [1.807, 2.05) is 13.8 Å². The zero-order valence-corrected chi connectivity index (χ0v) is 14.5. The summed E-state index contributed by atoms with van der Waals surface area (Å²) in [6.45, 7) is 6.29. The third-order valence-electron chi connectivity index (χ3n) is 3.61. The Kier molecular flexibility index (Phi) is 6.17. The lowest BCUT2D eigenvalue weighted by Gasteiger charge is -2.11. The minimum absolute atomic E-state index is 0.0102. The standard InChI is InChI=1S/C20H21FO4/c1-4-24-16-9-8-15(19(12-16)25-5-2)10-17(20(22)23)14-7-6-13(3)18(21)11-14/h6-12H,4-5H2,1-3H3,(H,22,23)/b17-10-. The number of benzene rings is 2. The van der Waals surface area contributed by atoms with Gasteiger partial charge in [-0.05, 0) is 56.2 Å². The van der Waals surface area contributed by atoms with Crippen LogP contribution in [0.1, 0.15) is 30.5 Å². The number of rotatable bonds is 7. The van der Waals surface area contributed by atoms with Gasteiger partial charge in [0.2, 0.25) is 0 Å². The average Bonchev–Trinajstić information content (AvgIpc) is 2.57. The van der Waals surface area contributed by atoms with Gasteiger partial charge in [-0.3, -0.25) is 0 Å². The van der Waals surface area contributed by atoms with Gasteiger partial charge in [-0.25, -0.2) is 9.18 Å². The van der Waals surface area contributed by atoms with E-state index in [1.54, 1.807) is 37.3 Å². The molecule has 0 amide bonds. The van der Waals surface area contributed by atoms with Crippen molar-refractivity contribution >= 4 is 17.6 Å². The van der Waals surface area contributed by atoms with Gasteiger partial charge < -0.3 is 14.6 Å². The van der Waals surface area contributed by atoms with E-state index >= 15 is 0 Å². The zero-order chi connectivity index (χ0) is 18.4. The summed E-state index contributed by atoms with van der Waals surface area (Å²) in [7, 11) is 0. The minimum Gasteiger partial charge on any atom is -0.494 e. The molecular weight excluding hydrogens is 323 g/mol. The van der Waals surface area contributed by atoms with Crippen LogP contribution in [0.5, 0.6) is 11.5 Å². The Morgan fingerprint density at radius 2 is 1.84 bits per heavy atom. The van der Waals surface area contributed by atoms with Crippen LogP contribution in [0.3, 0.4) is 0 Å². The van der Waals surface area contributed by atoms with E-state index < -0.39 is 11.8 Å². The number of aliphatic carboxylic acids is 1. The van der Waals surface area contributed by atoms with Crippen molar-refractivity contribution in [3.05, 3.63) is 58.9 Å². The van der Waals surface area contributed by atoms with Crippen LogP contribution in [0, 0.1) is 12.7 Å². The van der Waals surface area contributed by atoms with Gasteiger partial charge in [0.25, 0.3) is 0 Å². The number of carbonyl (C=O) groups is 1. The van der Waals surface area contributed by atoms with Gasteiger partial charge in [-0.2, -0.15) is 0 Å². The highest BCUT2D eigenvalue weighted by Gasteiger charge is 2.14. The van der Waals surface area contributed by atoms with E-state index in [2.05, 4.69) is 0 Å². The van der Waals surface area contributed by atoms with Gasteiger partial charge in [0, 0.05) is 11.6 Å². The molecule has 2 aromatic rings. The molecule has 0 saturated carbocycles. The van der Waals surface area contributed by atoms with Gasteiger partial charge >= 0.3 is 5.97 Å². The Hall–Kier alpha value is -2.82. The Balaban J connectivity index is 2.52. The molecule has 2 rings (SSSR count). The second-order valence-corrected chi connectivity index (χ2v) is 5.39. The zero-order valence-electron chi connectivity index (χ0n) is 14.5. The van der Waals surface area contributed by atoms with Crippen molar-refractivity contribution in [2.75, 3.05) is 13.2 Å². The first-order valence-electron chi connectivity index (χ1n) is 8.07. The van der Waals surface area contributed by atoms with Crippen LogP contribution in [-0.2, 0) is 4.79 Å². The summed E-state index contributed by atoms with van der Waals surface area (Å²) >= 11 is 0. The van der Waals surface area contributed by atoms with Crippen LogP contribution in [-0.4, -0.2) is 24.3 Å². The molecule has 0 spiro atoms. The smallest absolute Gasteiger partial charge is 0.336 e. The van der Waals surface area contributed by atoms with Crippen LogP contribution in [0.4, 0.5) is 4.39 Å². The minimum atomic E-state index is -1.14. The molecule has 4 nitrogen and oxygen atoms in total. The Morgan fingerprint density at radius 1 is 1.12 bits per heavy atom. The fourth-order valence-corrected chi connectivity index (χ4v) is 2.36. The number of aryl methyl sites for hydroxylation is 1. The van der Waals surface area contributed by atoms with E-state index in [1.165, 1.54) is 12.1 Å². The molecule has 25 heavy (non-hydrogen) atoms. The first-order valence-corrected chi connectivity index (χ1v) is 8.07. The summed E-state index contributed by atoms with van der Waals surface area (Å²) in [4.78, 5) is 11.7. The molecule has 5 heteroatoms. The van der Waals surface area contributed by atoms with Crippen LogP contribution in [0.25, 0.3) is 11.6 Å². The van der Waals surface area contributed by atoms with Crippen molar-refractivity contribution in [3.8, 4) is 11.5 Å². The van der Waals surface area contributed by atoms with Gasteiger partial charge in [0.1, 0.15) is 17.3 Å². The first-order chi connectivity index (χ1) is 12.0. The van der Waals surface area contributed by atoms with Gasteiger partial charge in [-0.15, -0.1) is 0 Å². The predicted molar refractivity (Wildman–Crippen MR) is 95.4 cm³/mol. The second-order valence-electron chi connectivity index (χ2n) is 5.39. The molecule has 0 heterocycles. The van der Waals surface area contributed by atoms with Crippen LogP contribution in [0.15, 0.2) is 36.4 Å². The lowest BCUT2D eigenvalue weighted by atomic mass is 10.0. The summed E-state index contributed by atoms with van der Waals surface area (Å²) in [6.07, 6.45) is 1.48. The van der Waals surface area contributed by atoms with E-state index in [0.717, 1.165) is 0 Å². The second kappa shape index (κ2) is 8.33. The van der Waals surface area contributed by atoms with E-state index in [0.29, 0.717) is 41.4 Å². The van der Waals surface area contributed by atoms with Crippen molar-refractivity contribution in [1.29, 1.82) is 0 Å². The summed E-state index contributed by atoms with van der Waals surface area (Å²) in [5.74, 6) is -0.429. The predicted octanol–water partition coefficient (Wildman–Crippen LogP) is 4.56. The molecule has 0 saturated heterocycles.